The summed E-state index contributed by atoms with van der Waals surface area (Å²) in [7, 11) is 0. The van der Waals surface area contributed by atoms with Crippen LogP contribution in [-0.2, 0) is 4.79 Å². The molecule has 3 aromatic heterocycles. The first-order chi connectivity index (χ1) is 13.5. The standard InChI is InChI=1S/C20H19ClN4OS2/c1-4-17(19(26)22-14-9-13(21)6-5-11(14)2)28-20-16-10-18-15(7-8-27-18)25(16)12(3)23-24-20/h5-10,17H,4H2,1-3H3,(H,22,26)/t17-/m1/s1. The molecule has 1 N–H and O–H groups in total. The van der Waals surface area contributed by atoms with Crippen LogP contribution in [0.2, 0.25) is 5.02 Å². The maximum Gasteiger partial charge on any atom is 0.237 e. The molecule has 4 aromatic rings. The number of thioether (sulfide) groups is 1. The molecule has 0 bridgehead atoms. The number of aromatic nitrogens is 3. The van der Waals surface area contributed by atoms with Crippen LogP contribution < -0.4 is 5.32 Å². The lowest BCUT2D eigenvalue weighted by molar-refractivity contribution is -0.115. The van der Waals surface area contributed by atoms with Gasteiger partial charge in [0.2, 0.25) is 5.91 Å². The Bertz CT molecular complexity index is 1180. The van der Waals surface area contributed by atoms with Crippen LogP contribution in [0.1, 0.15) is 24.7 Å². The molecule has 3 heterocycles. The molecule has 4 rings (SSSR count). The van der Waals surface area contributed by atoms with Gasteiger partial charge in [-0.2, -0.15) is 0 Å². The van der Waals surface area contributed by atoms with Crippen LogP contribution in [0.15, 0.2) is 40.7 Å². The summed E-state index contributed by atoms with van der Waals surface area (Å²) in [6, 6.07) is 9.69. The van der Waals surface area contributed by atoms with E-state index in [0.29, 0.717) is 11.4 Å². The summed E-state index contributed by atoms with van der Waals surface area (Å²) in [6.45, 7) is 5.89. The number of nitrogens with one attached hydrogen (secondary N) is 1. The van der Waals surface area contributed by atoms with E-state index in [9.17, 15) is 4.79 Å². The van der Waals surface area contributed by atoms with Crippen molar-refractivity contribution in [1.29, 1.82) is 0 Å². The molecule has 0 aliphatic heterocycles. The summed E-state index contributed by atoms with van der Waals surface area (Å²) < 4.78 is 3.29. The molecular formula is C20H19ClN4OS2. The smallest absolute Gasteiger partial charge is 0.237 e. The van der Waals surface area contributed by atoms with Crippen molar-refractivity contribution in [1.82, 2.24) is 14.6 Å². The lowest BCUT2D eigenvalue weighted by atomic mass is 10.2. The summed E-state index contributed by atoms with van der Waals surface area (Å²) in [5.41, 5.74) is 3.83. The number of anilines is 1. The number of hydrogen-bond acceptors (Lipinski definition) is 5. The fraction of sp³-hybridized carbons (Fsp3) is 0.250. The van der Waals surface area contributed by atoms with Crippen molar-refractivity contribution >= 4 is 62.0 Å². The predicted octanol–water partition coefficient (Wildman–Crippen LogP) is 5.72. The Morgan fingerprint density at radius 2 is 2.07 bits per heavy atom. The SMILES string of the molecule is CC[C@@H](Sc1nnc(C)n2c1cc1sccc12)C(=O)Nc1cc(Cl)ccc1C. The van der Waals surface area contributed by atoms with E-state index in [1.165, 1.54) is 16.5 Å². The van der Waals surface area contributed by atoms with E-state index in [-0.39, 0.29) is 11.2 Å². The molecule has 0 saturated heterocycles. The van der Waals surface area contributed by atoms with Gasteiger partial charge in [0.25, 0.3) is 0 Å². The number of carbonyl (C=O) groups excluding carboxylic acids is 1. The fourth-order valence-electron chi connectivity index (χ4n) is 3.13. The number of amides is 1. The van der Waals surface area contributed by atoms with Crippen molar-refractivity contribution in [2.75, 3.05) is 5.32 Å². The second-order valence-corrected chi connectivity index (χ2v) is 9.13. The molecule has 0 radical (unpaired) electrons. The van der Waals surface area contributed by atoms with Crippen molar-refractivity contribution in [2.45, 2.75) is 37.5 Å². The maximum absolute atomic E-state index is 12.9. The molecule has 0 fully saturated rings. The van der Waals surface area contributed by atoms with Gasteiger partial charge in [-0.15, -0.1) is 21.5 Å². The minimum atomic E-state index is -0.285. The highest BCUT2D eigenvalue weighted by Crippen LogP contribution is 2.33. The number of thiophene rings is 1. The molecule has 1 aromatic carbocycles. The first kappa shape index (κ1) is 19.2. The van der Waals surface area contributed by atoms with Gasteiger partial charge >= 0.3 is 0 Å². The number of hydrogen-bond donors (Lipinski definition) is 1. The summed E-state index contributed by atoms with van der Waals surface area (Å²) >= 11 is 9.21. The van der Waals surface area contributed by atoms with E-state index in [1.54, 1.807) is 17.4 Å². The Labute approximate surface area is 176 Å². The highest BCUT2D eigenvalue weighted by atomic mass is 35.5. The van der Waals surface area contributed by atoms with Gasteiger partial charge in [0, 0.05) is 10.7 Å². The van der Waals surface area contributed by atoms with Gasteiger partial charge in [-0.1, -0.05) is 36.4 Å². The van der Waals surface area contributed by atoms with Crippen molar-refractivity contribution in [2.24, 2.45) is 0 Å². The van der Waals surface area contributed by atoms with Crippen molar-refractivity contribution in [3.05, 3.63) is 52.1 Å². The Kier molecular flexibility index (Phi) is 5.31. The number of aryl methyl sites for hydroxylation is 2. The first-order valence-electron chi connectivity index (χ1n) is 8.93. The van der Waals surface area contributed by atoms with Gasteiger partial charge in [0.05, 0.1) is 21.0 Å². The molecule has 28 heavy (non-hydrogen) atoms. The zero-order valence-corrected chi connectivity index (χ0v) is 18.1. The number of halogens is 1. The van der Waals surface area contributed by atoms with Gasteiger partial charge in [-0.3, -0.25) is 9.20 Å². The molecule has 0 aliphatic rings. The molecule has 0 saturated carbocycles. The zero-order chi connectivity index (χ0) is 19.8. The van der Waals surface area contributed by atoms with Crippen molar-refractivity contribution in [3.63, 3.8) is 0 Å². The van der Waals surface area contributed by atoms with E-state index >= 15 is 0 Å². The Morgan fingerprint density at radius 3 is 2.86 bits per heavy atom. The molecule has 5 nitrogen and oxygen atoms in total. The first-order valence-corrected chi connectivity index (χ1v) is 11.1. The largest absolute Gasteiger partial charge is 0.325 e. The van der Waals surface area contributed by atoms with Crippen LogP contribution in [0.25, 0.3) is 15.7 Å². The topological polar surface area (TPSA) is 59.3 Å². The van der Waals surface area contributed by atoms with E-state index in [0.717, 1.165) is 33.1 Å². The molecule has 1 atom stereocenters. The second kappa shape index (κ2) is 7.73. The minimum Gasteiger partial charge on any atom is -0.325 e. The fourth-order valence-corrected chi connectivity index (χ4v) is 5.06. The van der Waals surface area contributed by atoms with Crippen LogP contribution in [0.3, 0.4) is 0 Å². The van der Waals surface area contributed by atoms with Gasteiger partial charge < -0.3 is 5.32 Å². The van der Waals surface area contributed by atoms with Crippen LogP contribution in [0.4, 0.5) is 5.69 Å². The lowest BCUT2D eigenvalue weighted by Crippen LogP contribution is -2.25. The molecule has 0 aliphatic carbocycles. The number of benzene rings is 1. The predicted molar refractivity (Wildman–Crippen MR) is 118 cm³/mol. The lowest BCUT2D eigenvalue weighted by Gasteiger charge is -2.16. The summed E-state index contributed by atoms with van der Waals surface area (Å²) in [4.78, 5) is 12.9. The zero-order valence-electron chi connectivity index (χ0n) is 15.7. The molecule has 0 unspecified atom stereocenters. The second-order valence-electron chi connectivity index (χ2n) is 6.55. The maximum atomic E-state index is 12.9. The number of rotatable bonds is 5. The Morgan fingerprint density at radius 1 is 1.25 bits per heavy atom. The quantitative estimate of drug-likeness (QED) is 0.411. The van der Waals surface area contributed by atoms with Crippen molar-refractivity contribution in [3.8, 4) is 0 Å². The Hall–Kier alpha value is -2.09. The molecule has 144 valence electrons. The number of carbonyl (C=O) groups is 1. The number of fused-ring (bicyclic) bond motifs is 3. The average molecular weight is 431 g/mol. The van der Waals surface area contributed by atoms with Gasteiger partial charge in [-0.05, 0) is 55.5 Å². The van der Waals surface area contributed by atoms with Crippen molar-refractivity contribution < 1.29 is 4.79 Å². The molecule has 0 spiro atoms. The van der Waals surface area contributed by atoms with Crippen LogP contribution in [0.5, 0.6) is 0 Å². The highest BCUT2D eigenvalue weighted by Gasteiger charge is 2.22. The summed E-state index contributed by atoms with van der Waals surface area (Å²) in [5, 5.41) is 14.8. The third-order valence-electron chi connectivity index (χ3n) is 4.63. The monoisotopic (exact) mass is 430 g/mol. The van der Waals surface area contributed by atoms with Crippen LogP contribution in [0, 0.1) is 13.8 Å². The third kappa shape index (κ3) is 3.50. The normalized spacial score (nSPS) is 12.6. The van der Waals surface area contributed by atoms with Crippen LogP contribution in [-0.4, -0.2) is 25.8 Å². The average Bonchev–Trinajstić information content (AvgIpc) is 3.25. The molecule has 8 heteroatoms. The van der Waals surface area contributed by atoms with E-state index in [2.05, 4.69) is 37.4 Å². The van der Waals surface area contributed by atoms with Gasteiger partial charge in [-0.25, -0.2) is 0 Å². The van der Waals surface area contributed by atoms with Gasteiger partial charge in [0.15, 0.2) is 0 Å². The number of nitrogens with zero attached hydrogens (tertiary/aromatic N) is 3. The van der Waals surface area contributed by atoms with E-state index < -0.39 is 0 Å². The molecular weight excluding hydrogens is 412 g/mol. The van der Waals surface area contributed by atoms with Gasteiger partial charge in [0.1, 0.15) is 10.9 Å². The highest BCUT2D eigenvalue weighted by molar-refractivity contribution is 8.00. The minimum absolute atomic E-state index is 0.0632. The van der Waals surface area contributed by atoms with E-state index in [1.807, 2.05) is 32.9 Å². The van der Waals surface area contributed by atoms with E-state index in [4.69, 9.17) is 11.6 Å². The Balaban J connectivity index is 1.64. The summed E-state index contributed by atoms with van der Waals surface area (Å²) in [6.07, 6.45) is 0.674. The van der Waals surface area contributed by atoms with Crippen LogP contribution >= 0.6 is 34.7 Å². The third-order valence-corrected chi connectivity index (χ3v) is 7.06. The summed E-state index contributed by atoms with van der Waals surface area (Å²) in [5.74, 6) is 0.770. The molecule has 1 amide bonds.